The SMILES string of the molecule is CC(C)(C)OC(=O)N1CCCC(n2c(=O)n(Cc3ccc(-c4nnc(C(F)F)o4)cn3)c3cc(F)c(-c4ccncc4)cc32)C1. The summed E-state index contributed by atoms with van der Waals surface area (Å²) < 4.78 is 55.0. The van der Waals surface area contributed by atoms with Crippen LogP contribution < -0.4 is 5.69 Å². The minimum Gasteiger partial charge on any atom is -0.444 e. The third-order valence-electron chi connectivity index (χ3n) is 7.48. The van der Waals surface area contributed by atoms with Crippen LogP contribution in [0.1, 0.15) is 57.7 Å². The van der Waals surface area contributed by atoms with Crippen molar-refractivity contribution in [1.82, 2.24) is 34.2 Å². The fourth-order valence-electron chi connectivity index (χ4n) is 5.46. The van der Waals surface area contributed by atoms with Crippen LogP contribution in [-0.4, -0.2) is 59.0 Å². The first kappa shape index (κ1) is 30.0. The van der Waals surface area contributed by atoms with Crippen molar-refractivity contribution in [1.29, 1.82) is 0 Å². The summed E-state index contributed by atoms with van der Waals surface area (Å²) in [7, 11) is 0. The van der Waals surface area contributed by atoms with Crippen LogP contribution in [0, 0.1) is 5.82 Å². The van der Waals surface area contributed by atoms with Crippen molar-refractivity contribution < 1.29 is 27.1 Å². The summed E-state index contributed by atoms with van der Waals surface area (Å²) >= 11 is 0. The number of alkyl halides is 2. The van der Waals surface area contributed by atoms with Gasteiger partial charge in [-0.25, -0.2) is 14.0 Å². The maximum atomic E-state index is 15.6. The standard InChI is InChI=1S/C31H30F3N7O4/c1-31(2,3)45-30(43)39-12-4-5-21(17-39)41-25-13-22(18-8-10-35-11-9-18)23(32)14-24(25)40(29(41)42)16-20-7-6-19(15-36-20)27-37-38-28(44-27)26(33)34/h6-11,13-15,21,26H,4-5,12,16-17H2,1-3H3. The van der Waals surface area contributed by atoms with Gasteiger partial charge in [0.15, 0.2) is 0 Å². The lowest BCUT2D eigenvalue weighted by Crippen LogP contribution is -2.45. The molecule has 0 radical (unpaired) electrons. The zero-order valence-electron chi connectivity index (χ0n) is 24.8. The number of amides is 1. The van der Waals surface area contributed by atoms with Gasteiger partial charge in [0.1, 0.15) is 11.4 Å². The monoisotopic (exact) mass is 621 g/mol. The molecule has 0 aliphatic carbocycles. The molecule has 1 aromatic carbocycles. The molecule has 4 aromatic heterocycles. The van der Waals surface area contributed by atoms with E-state index in [1.807, 2.05) is 0 Å². The van der Waals surface area contributed by atoms with E-state index in [1.165, 1.54) is 16.8 Å². The van der Waals surface area contributed by atoms with Crippen molar-refractivity contribution in [2.45, 2.75) is 58.2 Å². The zero-order valence-corrected chi connectivity index (χ0v) is 24.8. The Balaban J connectivity index is 1.39. The van der Waals surface area contributed by atoms with Crippen LogP contribution >= 0.6 is 0 Å². The lowest BCUT2D eigenvalue weighted by Gasteiger charge is -2.34. The number of benzene rings is 1. The van der Waals surface area contributed by atoms with Gasteiger partial charge >= 0.3 is 18.2 Å². The van der Waals surface area contributed by atoms with Gasteiger partial charge in [0.25, 0.3) is 5.89 Å². The summed E-state index contributed by atoms with van der Waals surface area (Å²) in [5.41, 5.74) is 1.48. The molecule has 1 atom stereocenters. The molecule has 1 aliphatic rings. The van der Waals surface area contributed by atoms with E-state index in [0.717, 1.165) is 0 Å². The van der Waals surface area contributed by atoms with Gasteiger partial charge in [-0.15, -0.1) is 10.2 Å². The van der Waals surface area contributed by atoms with Crippen LogP contribution in [0.3, 0.4) is 0 Å². The molecule has 0 saturated carbocycles. The molecule has 5 heterocycles. The number of hydrogen-bond acceptors (Lipinski definition) is 8. The van der Waals surface area contributed by atoms with Crippen molar-refractivity contribution in [3.05, 3.63) is 82.9 Å². The maximum Gasteiger partial charge on any atom is 0.410 e. The van der Waals surface area contributed by atoms with Crippen molar-refractivity contribution >= 4 is 17.1 Å². The van der Waals surface area contributed by atoms with Gasteiger partial charge in [0, 0.05) is 43.3 Å². The van der Waals surface area contributed by atoms with Crippen LogP contribution in [0.2, 0.25) is 0 Å². The highest BCUT2D eigenvalue weighted by Gasteiger charge is 2.31. The fourth-order valence-corrected chi connectivity index (χ4v) is 5.46. The number of nitrogens with zero attached hydrogens (tertiary/aromatic N) is 7. The molecular formula is C31H30F3N7O4. The number of hydrogen-bond donors (Lipinski definition) is 0. The van der Waals surface area contributed by atoms with Gasteiger partial charge < -0.3 is 14.1 Å². The molecular weight excluding hydrogens is 591 g/mol. The van der Waals surface area contributed by atoms with Gasteiger partial charge in [-0.2, -0.15) is 8.78 Å². The summed E-state index contributed by atoms with van der Waals surface area (Å²) in [5, 5.41) is 6.97. The third kappa shape index (κ3) is 6.17. The summed E-state index contributed by atoms with van der Waals surface area (Å²) in [4.78, 5) is 37.1. The van der Waals surface area contributed by atoms with E-state index in [1.54, 1.807) is 73.0 Å². The topological polar surface area (TPSA) is 121 Å². The molecule has 45 heavy (non-hydrogen) atoms. The average molecular weight is 622 g/mol. The number of pyridine rings is 2. The second-order valence-electron chi connectivity index (χ2n) is 11.8. The molecule has 14 heteroatoms. The zero-order chi connectivity index (χ0) is 31.9. The first-order valence-corrected chi connectivity index (χ1v) is 14.4. The predicted octanol–water partition coefficient (Wildman–Crippen LogP) is 6.01. The van der Waals surface area contributed by atoms with Crippen LogP contribution in [0.25, 0.3) is 33.6 Å². The van der Waals surface area contributed by atoms with Crippen LogP contribution in [0.15, 0.2) is 64.2 Å². The number of rotatable bonds is 6. The molecule has 1 saturated heterocycles. The molecule has 1 unspecified atom stereocenters. The molecule has 1 amide bonds. The van der Waals surface area contributed by atoms with Crippen LogP contribution in [-0.2, 0) is 11.3 Å². The Morgan fingerprint density at radius 2 is 1.87 bits per heavy atom. The molecule has 11 nitrogen and oxygen atoms in total. The molecule has 1 aliphatic heterocycles. The molecule has 0 bridgehead atoms. The number of ether oxygens (including phenoxy) is 1. The van der Waals surface area contributed by atoms with Crippen molar-refractivity contribution in [3.63, 3.8) is 0 Å². The highest BCUT2D eigenvalue weighted by molar-refractivity contribution is 5.83. The molecule has 1 fully saturated rings. The second kappa shape index (κ2) is 11.8. The van der Waals surface area contributed by atoms with Gasteiger partial charge in [-0.3, -0.25) is 19.1 Å². The van der Waals surface area contributed by atoms with Gasteiger partial charge in [-0.1, -0.05) is 0 Å². The summed E-state index contributed by atoms with van der Waals surface area (Å²) in [6.07, 6.45) is 2.42. The molecule has 234 valence electrons. The molecule has 0 N–H and O–H groups in total. The Hall–Kier alpha value is -5.01. The fraction of sp³-hybridized carbons (Fsp3) is 0.355. The second-order valence-corrected chi connectivity index (χ2v) is 11.8. The lowest BCUT2D eigenvalue weighted by molar-refractivity contribution is 0.0172. The molecule has 5 aromatic rings. The Labute approximate surface area is 255 Å². The van der Waals surface area contributed by atoms with Gasteiger partial charge in [0.05, 0.1) is 34.9 Å². The molecule has 0 spiro atoms. The van der Waals surface area contributed by atoms with E-state index in [-0.39, 0.29) is 19.0 Å². The van der Waals surface area contributed by atoms with E-state index in [4.69, 9.17) is 9.15 Å². The number of aromatic nitrogens is 6. The molecule has 6 rings (SSSR count). The highest BCUT2D eigenvalue weighted by Crippen LogP contribution is 2.32. The number of fused-ring (bicyclic) bond motifs is 1. The highest BCUT2D eigenvalue weighted by atomic mass is 19.3. The van der Waals surface area contributed by atoms with Gasteiger partial charge in [-0.05, 0) is 69.5 Å². The normalized spacial score (nSPS) is 15.6. The average Bonchev–Trinajstić information content (AvgIpc) is 3.60. The van der Waals surface area contributed by atoms with Crippen LogP contribution in [0.5, 0.6) is 0 Å². The van der Waals surface area contributed by atoms with Crippen LogP contribution in [0.4, 0.5) is 18.0 Å². The van der Waals surface area contributed by atoms with E-state index >= 15 is 4.39 Å². The van der Waals surface area contributed by atoms with Crippen molar-refractivity contribution in [2.24, 2.45) is 0 Å². The van der Waals surface area contributed by atoms with Gasteiger partial charge in [0.2, 0.25) is 5.89 Å². The largest absolute Gasteiger partial charge is 0.444 e. The van der Waals surface area contributed by atoms with E-state index < -0.39 is 41.6 Å². The number of imidazole rings is 1. The predicted molar refractivity (Wildman–Crippen MR) is 157 cm³/mol. The third-order valence-corrected chi connectivity index (χ3v) is 7.48. The summed E-state index contributed by atoms with van der Waals surface area (Å²) in [6, 6.07) is 9.13. The van der Waals surface area contributed by atoms with Crippen molar-refractivity contribution in [2.75, 3.05) is 13.1 Å². The maximum absolute atomic E-state index is 15.6. The first-order valence-electron chi connectivity index (χ1n) is 14.4. The van der Waals surface area contributed by atoms with E-state index in [2.05, 4.69) is 20.2 Å². The number of carbonyl (C=O) groups is 1. The lowest BCUT2D eigenvalue weighted by atomic mass is 10.0. The Bertz CT molecular complexity index is 1900. The Kier molecular flexibility index (Phi) is 7.89. The first-order chi connectivity index (χ1) is 21.5. The Morgan fingerprint density at radius 1 is 1.09 bits per heavy atom. The number of piperidine rings is 1. The summed E-state index contributed by atoms with van der Waals surface area (Å²) in [5.74, 6) is -1.43. The van der Waals surface area contributed by atoms with E-state index in [0.29, 0.717) is 52.8 Å². The smallest absolute Gasteiger partial charge is 0.410 e. The quantitative estimate of drug-likeness (QED) is 0.226. The minimum absolute atomic E-state index is 0.00866. The Morgan fingerprint density at radius 3 is 2.53 bits per heavy atom. The number of halogens is 3. The summed E-state index contributed by atoms with van der Waals surface area (Å²) in [6.45, 7) is 6.11. The number of likely N-dealkylation sites (tertiary alicyclic amines) is 1. The minimum atomic E-state index is -2.90. The number of carbonyl (C=O) groups excluding carboxylic acids is 1. The van der Waals surface area contributed by atoms with Crippen molar-refractivity contribution in [3.8, 4) is 22.6 Å². The van der Waals surface area contributed by atoms with E-state index in [9.17, 15) is 18.4 Å².